The predicted molar refractivity (Wildman–Crippen MR) is 59.9 cm³/mol. The molecule has 0 aliphatic carbocycles. The van der Waals surface area contributed by atoms with Crippen molar-refractivity contribution in [1.29, 1.82) is 0 Å². The zero-order valence-corrected chi connectivity index (χ0v) is 9.06. The molecule has 0 N–H and O–H groups in total. The van der Waals surface area contributed by atoms with Crippen molar-refractivity contribution in [3.63, 3.8) is 0 Å². The lowest BCUT2D eigenvalue weighted by molar-refractivity contribution is -0.111. The molecule has 1 rings (SSSR count). The van der Waals surface area contributed by atoms with Gasteiger partial charge in [0.2, 0.25) is 0 Å². The van der Waals surface area contributed by atoms with Crippen LogP contribution in [0.5, 0.6) is 0 Å². The van der Waals surface area contributed by atoms with Crippen LogP contribution in [0.25, 0.3) is 0 Å². The molecular weight excluding hydrogens is 190 g/mol. The molecule has 0 saturated heterocycles. The summed E-state index contributed by atoms with van der Waals surface area (Å²) >= 11 is 0. The third-order valence-corrected chi connectivity index (χ3v) is 1.92. The number of nitrogens with zero attached hydrogens (tertiary/aromatic N) is 1. The van der Waals surface area contributed by atoms with E-state index in [1.807, 2.05) is 37.3 Å². The summed E-state index contributed by atoms with van der Waals surface area (Å²) in [6.07, 6.45) is 0.524. The first-order valence-corrected chi connectivity index (χ1v) is 4.97. The lowest BCUT2D eigenvalue weighted by Crippen LogP contribution is -2.14. The van der Waals surface area contributed by atoms with Gasteiger partial charge in [-0.05, 0) is 12.5 Å². The van der Waals surface area contributed by atoms with E-state index in [2.05, 4.69) is 5.16 Å². The van der Waals surface area contributed by atoms with E-state index in [-0.39, 0.29) is 5.78 Å². The largest absolute Gasteiger partial charge is 0.396 e. The van der Waals surface area contributed by atoms with Crippen LogP contribution in [0.2, 0.25) is 0 Å². The number of oxime groups is 1. The predicted octanol–water partition coefficient (Wildman–Crippen LogP) is 2.21. The molecule has 15 heavy (non-hydrogen) atoms. The molecule has 0 radical (unpaired) electrons. The van der Waals surface area contributed by atoms with E-state index in [1.165, 1.54) is 6.92 Å². The minimum Gasteiger partial charge on any atom is -0.396 e. The highest BCUT2D eigenvalue weighted by Gasteiger charge is 2.07. The van der Waals surface area contributed by atoms with Crippen LogP contribution in [0.4, 0.5) is 0 Å². The van der Waals surface area contributed by atoms with E-state index in [4.69, 9.17) is 4.84 Å². The van der Waals surface area contributed by atoms with Gasteiger partial charge in [-0.15, -0.1) is 0 Å². The summed E-state index contributed by atoms with van der Waals surface area (Å²) in [4.78, 5) is 16.1. The number of carbonyl (C=O) groups is 1. The number of carbonyl (C=O) groups excluding carboxylic acids is 1. The Hall–Kier alpha value is -1.64. The summed E-state index contributed by atoms with van der Waals surface area (Å²) in [5, 5.41) is 3.80. The van der Waals surface area contributed by atoms with Gasteiger partial charge in [0.25, 0.3) is 0 Å². The van der Waals surface area contributed by atoms with E-state index in [9.17, 15) is 4.79 Å². The maximum Gasteiger partial charge on any atom is 0.177 e. The van der Waals surface area contributed by atoms with Crippen molar-refractivity contribution in [2.45, 2.75) is 20.3 Å². The molecule has 0 saturated carbocycles. The molecule has 0 spiro atoms. The molecule has 0 amide bonds. The van der Waals surface area contributed by atoms with Gasteiger partial charge >= 0.3 is 0 Å². The second kappa shape index (κ2) is 5.96. The van der Waals surface area contributed by atoms with E-state index in [1.54, 1.807) is 0 Å². The molecule has 0 aliphatic rings. The average molecular weight is 205 g/mol. The van der Waals surface area contributed by atoms with Crippen LogP contribution < -0.4 is 0 Å². The van der Waals surface area contributed by atoms with Crippen LogP contribution in [-0.4, -0.2) is 18.1 Å². The molecule has 0 fully saturated rings. The highest BCUT2D eigenvalue weighted by molar-refractivity contribution is 6.39. The maximum atomic E-state index is 11.2. The van der Waals surface area contributed by atoms with Crippen LogP contribution in [0, 0.1) is 0 Å². The van der Waals surface area contributed by atoms with Crippen molar-refractivity contribution in [3.8, 4) is 0 Å². The summed E-state index contributed by atoms with van der Waals surface area (Å²) in [7, 11) is 0. The van der Waals surface area contributed by atoms with Crippen LogP contribution >= 0.6 is 0 Å². The Morgan fingerprint density at radius 2 is 2.00 bits per heavy atom. The van der Waals surface area contributed by atoms with Gasteiger partial charge in [0, 0.05) is 13.3 Å². The van der Waals surface area contributed by atoms with Crippen molar-refractivity contribution in [2.75, 3.05) is 6.61 Å². The van der Waals surface area contributed by atoms with Crippen molar-refractivity contribution >= 4 is 11.5 Å². The molecule has 80 valence electrons. The second-order valence-electron chi connectivity index (χ2n) is 3.17. The van der Waals surface area contributed by atoms with Gasteiger partial charge in [0.05, 0.1) is 0 Å². The third kappa shape index (κ3) is 3.94. The molecule has 0 aromatic heterocycles. The number of Topliss-reactive ketones (excluding diaryl/α,β-unsaturated/α-hetero) is 1. The Labute approximate surface area is 89.7 Å². The number of hydrogen-bond donors (Lipinski definition) is 0. The molecule has 1 aromatic rings. The van der Waals surface area contributed by atoms with Crippen LogP contribution in [-0.2, 0) is 16.1 Å². The zero-order valence-electron chi connectivity index (χ0n) is 9.06. The van der Waals surface area contributed by atoms with Gasteiger partial charge in [-0.2, -0.15) is 0 Å². The average Bonchev–Trinajstić information content (AvgIpc) is 2.25. The second-order valence-corrected chi connectivity index (χ2v) is 3.17. The van der Waals surface area contributed by atoms with Gasteiger partial charge in [0.1, 0.15) is 12.3 Å². The first-order chi connectivity index (χ1) is 7.24. The van der Waals surface area contributed by atoms with Gasteiger partial charge in [-0.3, -0.25) is 4.79 Å². The Balaban J connectivity index is 2.72. The van der Waals surface area contributed by atoms with E-state index in [0.29, 0.717) is 18.7 Å². The summed E-state index contributed by atoms with van der Waals surface area (Å²) in [6.45, 7) is 3.82. The molecular formula is C12H15NO2. The molecule has 3 nitrogen and oxygen atoms in total. The fourth-order valence-electron chi connectivity index (χ4n) is 1.15. The number of ketones is 1. The van der Waals surface area contributed by atoms with Crippen LogP contribution in [0.3, 0.4) is 0 Å². The Morgan fingerprint density at radius 3 is 2.53 bits per heavy atom. The Kier molecular flexibility index (Phi) is 4.54. The normalized spacial score (nSPS) is 11.2. The van der Waals surface area contributed by atoms with E-state index >= 15 is 0 Å². The SMILES string of the molecule is CCO/N=C(/Cc1ccccc1)C(C)=O. The summed E-state index contributed by atoms with van der Waals surface area (Å²) in [6, 6.07) is 9.74. The lowest BCUT2D eigenvalue weighted by Gasteiger charge is -2.02. The van der Waals surface area contributed by atoms with Crippen molar-refractivity contribution in [3.05, 3.63) is 35.9 Å². The summed E-state index contributed by atoms with van der Waals surface area (Å²) in [5.74, 6) is -0.0488. The number of rotatable bonds is 5. The summed E-state index contributed by atoms with van der Waals surface area (Å²) < 4.78 is 0. The topological polar surface area (TPSA) is 38.7 Å². The smallest absolute Gasteiger partial charge is 0.177 e. The highest BCUT2D eigenvalue weighted by Crippen LogP contribution is 2.02. The van der Waals surface area contributed by atoms with Gasteiger partial charge in [-0.25, -0.2) is 0 Å². The standard InChI is InChI=1S/C12H15NO2/c1-3-15-13-12(10(2)14)9-11-7-5-4-6-8-11/h4-8H,3,9H2,1-2H3/b13-12-. The van der Waals surface area contributed by atoms with Crippen molar-refractivity contribution < 1.29 is 9.63 Å². The van der Waals surface area contributed by atoms with Crippen molar-refractivity contribution in [2.24, 2.45) is 5.16 Å². The highest BCUT2D eigenvalue weighted by atomic mass is 16.6. The molecule has 0 unspecified atom stereocenters. The first-order valence-electron chi connectivity index (χ1n) is 4.97. The third-order valence-electron chi connectivity index (χ3n) is 1.92. The van der Waals surface area contributed by atoms with Gasteiger partial charge in [-0.1, -0.05) is 35.5 Å². The molecule has 3 heteroatoms. The lowest BCUT2D eigenvalue weighted by atomic mass is 10.1. The minimum atomic E-state index is -0.0488. The molecule has 0 bridgehead atoms. The summed E-state index contributed by atoms with van der Waals surface area (Å²) in [5.41, 5.74) is 1.52. The molecule has 1 aromatic carbocycles. The van der Waals surface area contributed by atoms with Crippen molar-refractivity contribution in [1.82, 2.24) is 0 Å². The fourth-order valence-corrected chi connectivity index (χ4v) is 1.15. The monoisotopic (exact) mass is 205 g/mol. The number of hydrogen-bond acceptors (Lipinski definition) is 3. The number of benzene rings is 1. The quantitative estimate of drug-likeness (QED) is 0.546. The fraction of sp³-hybridized carbons (Fsp3) is 0.333. The van der Waals surface area contributed by atoms with E-state index < -0.39 is 0 Å². The molecule has 0 heterocycles. The van der Waals surface area contributed by atoms with Crippen LogP contribution in [0.15, 0.2) is 35.5 Å². The zero-order chi connectivity index (χ0) is 11.1. The molecule has 0 aliphatic heterocycles. The van der Waals surface area contributed by atoms with Crippen LogP contribution in [0.1, 0.15) is 19.4 Å². The Morgan fingerprint density at radius 1 is 1.33 bits per heavy atom. The minimum absolute atomic E-state index is 0.0488. The van der Waals surface area contributed by atoms with E-state index in [0.717, 1.165) is 5.56 Å². The maximum absolute atomic E-state index is 11.2. The van der Waals surface area contributed by atoms with Gasteiger partial charge < -0.3 is 4.84 Å². The first kappa shape index (κ1) is 11.4. The Bertz CT molecular complexity index is 344. The molecule has 0 atom stereocenters. The van der Waals surface area contributed by atoms with Gasteiger partial charge in [0.15, 0.2) is 5.78 Å².